The van der Waals surface area contributed by atoms with Crippen LogP contribution in [0.4, 0.5) is 0 Å². The summed E-state index contributed by atoms with van der Waals surface area (Å²) in [5.41, 5.74) is 0. The lowest BCUT2D eigenvalue weighted by atomic mass is 10.2. The molecule has 3 nitrogen and oxygen atoms in total. The van der Waals surface area contributed by atoms with Crippen molar-refractivity contribution >= 4 is 5.91 Å². The molecule has 0 saturated carbocycles. The standard InChI is InChI=1S/C9H16N2O/c1-3-4-9(12)11-6-5-10-7-8(11)2/h3-4,8,10H,5-7H2,1-2H3/b4-3+/t8-/m0/s1. The Kier molecular flexibility index (Phi) is 3.29. The van der Waals surface area contributed by atoms with E-state index in [1.54, 1.807) is 12.2 Å². The summed E-state index contributed by atoms with van der Waals surface area (Å²) >= 11 is 0. The Bertz CT molecular complexity index is 189. The molecule has 1 atom stereocenters. The van der Waals surface area contributed by atoms with Crippen LogP contribution < -0.4 is 5.32 Å². The Labute approximate surface area is 73.4 Å². The first kappa shape index (κ1) is 9.26. The number of nitrogens with zero attached hydrogens (tertiary/aromatic N) is 1. The van der Waals surface area contributed by atoms with Crippen molar-refractivity contribution in [1.82, 2.24) is 10.2 Å². The number of hydrogen-bond donors (Lipinski definition) is 1. The molecule has 1 saturated heterocycles. The van der Waals surface area contributed by atoms with Crippen LogP contribution in [-0.4, -0.2) is 36.5 Å². The van der Waals surface area contributed by atoms with Gasteiger partial charge >= 0.3 is 0 Å². The average molecular weight is 168 g/mol. The summed E-state index contributed by atoms with van der Waals surface area (Å²) < 4.78 is 0. The Morgan fingerprint density at radius 1 is 1.67 bits per heavy atom. The smallest absolute Gasteiger partial charge is 0.246 e. The molecule has 0 radical (unpaired) electrons. The Balaban J connectivity index is 2.53. The van der Waals surface area contributed by atoms with Gasteiger partial charge in [-0.05, 0) is 19.9 Å². The second-order valence-corrected chi connectivity index (χ2v) is 3.08. The molecule has 0 unspecified atom stereocenters. The zero-order valence-electron chi connectivity index (χ0n) is 7.71. The molecule has 0 spiro atoms. The van der Waals surface area contributed by atoms with Crippen molar-refractivity contribution in [3.05, 3.63) is 12.2 Å². The molecular weight excluding hydrogens is 152 g/mol. The van der Waals surface area contributed by atoms with Gasteiger partial charge in [0.05, 0.1) is 0 Å². The van der Waals surface area contributed by atoms with E-state index in [0.717, 1.165) is 19.6 Å². The number of allylic oxidation sites excluding steroid dienone is 1. The van der Waals surface area contributed by atoms with E-state index in [1.165, 1.54) is 0 Å². The van der Waals surface area contributed by atoms with Crippen molar-refractivity contribution in [2.24, 2.45) is 0 Å². The van der Waals surface area contributed by atoms with Crippen LogP contribution in [0, 0.1) is 0 Å². The third kappa shape index (κ3) is 2.08. The van der Waals surface area contributed by atoms with Crippen LogP contribution in [0.1, 0.15) is 13.8 Å². The molecule has 1 N–H and O–H groups in total. The number of rotatable bonds is 1. The number of nitrogens with one attached hydrogen (secondary N) is 1. The largest absolute Gasteiger partial charge is 0.334 e. The van der Waals surface area contributed by atoms with E-state index in [-0.39, 0.29) is 5.91 Å². The number of piperazine rings is 1. The van der Waals surface area contributed by atoms with Gasteiger partial charge in [-0.1, -0.05) is 6.08 Å². The maximum Gasteiger partial charge on any atom is 0.246 e. The summed E-state index contributed by atoms with van der Waals surface area (Å²) in [6, 6.07) is 0.322. The Hall–Kier alpha value is -0.830. The van der Waals surface area contributed by atoms with Gasteiger partial charge in [0.2, 0.25) is 5.91 Å². The topological polar surface area (TPSA) is 32.3 Å². The molecule has 1 fully saturated rings. The van der Waals surface area contributed by atoms with Gasteiger partial charge in [0.15, 0.2) is 0 Å². The van der Waals surface area contributed by atoms with E-state index in [4.69, 9.17) is 0 Å². The van der Waals surface area contributed by atoms with Gasteiger partial charge in [-0.15, -0.1) is 0 Å². The van der Waals surface area contributed by atoms with Gasteiger partial charge in [0, 0.05) is 25.7 Å². The number of amides is 1. The van der Waals surface area contributed by atoms with Gasteiger partial charge in [-0.2, -0.15) is 0 Å². The fourth-order valence-electron chi connectivity index (χ4n) is 1.41. The van der Waals surface area contributed by atoms with Gasteiger partial charge in [0.25, 0.3) is 0 Å². The van der Waals surface area contributed by atoms with Crippen LogP contribution in [0.15, 0.2) is 12.2 Å². The second-order valence-electron chi connectivity index (χ2n) is 3.08. The van der Waals surface area contributed by atoms with E-state index in [2.05, 4.69) is 12.2 Å². The third-order valence-corrected chi connectivity index (χ3v) is 2.09. The number of carbonyl (C=O) groups excluding carboxylic acids is 1. The Morgan fingerprint density at radius 3 is 3.00 bits per heavy atom. The lowest BCUT2D eigenvalue weighted by Gasteiger charge is -2.33. The zero-order valence-corrected chi connectivity index (χ0v) is 7.71. The summed E-state index contributed by atoms with van der Waals surface area (Å²) in [7, 11) is 0. The van der Waals surface area contributed by atoms with Crippen molar-refractivity contribution in [1.29, 1.82) is 0 Å². The predicted molar refractivity (Wildman–Crippen MR) is 48.9 cm³/mol. The van der Waals surface area contributed by atoms with Crippen molar-refractivity contribution in [2.75, 3.05) is 19.6 Å². The highest BCUT2D eigenvalue weighted by Gasteiger charge is 2.20. The molecule has 0 aliphatic carbocycles. The second kappa shape index (κ2) is 4.26. The van der Waals surface area contributed by atoms with Crippen LogP contribution in [0.2, 0.25) is 0 Å². The number of hydrogen-bond acceptors (Lipinski definition) is 2. The summed E-state index contributed by atoms with van der Waals surface area (Å²) in [5, 5.41) is 3.24. The molecule has 1 amide bonds. The molecule has 0 bridgehead atoms. The van der Waals surface area contributed by atoms with Crippen LogP contribution in [0.3, 0.4) is 0 Å². The van der Waals surface area contributed by atoms with Crippen molar-refractivity contribution in [2.45, 2.75) is 19.9 Å². The van der Waals surface area contributed by atoms with Crippen LogP contribution in [0.25, 0.3) is 0 Å². The zero-order chi connectivity index (χ0) is 8.97. The molecule has 1 aliphatic rings. The van der Waals surface area contributed by atoms with Gasteiger partial charge in [-0.3, -0.25) is 4.79 Å². The van der Waals surface area contributed by atoms with E-state index in [9.17, 15) is 4.79 Å². The van der Waals surface area contributed by atoms with Gasteiger partial charge < -0.3 is 10.2 Å². The molecule has 1 aliphatic heterocycles. The minimum Gasteiger partial charge on any atom is -0.334 e. The Morgan fingerprint density at radius 2 is 2.42 bits per heavy atom. The molecule has 68 valence electrons. The molecule has 3 heteroatoms. The van der Waals surface area contributed by atoms with Crippen LogP contribution in [-0.2, 0) is 4.79 Å². The fourth-order valence-corrected chi connectivity index (χ4v) is 1.41. The number of carbonyl (C=O) groups is 1. The monoisotopic (exact) mass is 168 g/mol. The third-order valence-electron chi connectivity index (χ3n) is 2.09. The van der Waals surface area contributed by atoms with Gasteiger partial charge in [0.1, 0.15) is 0 Å². The first-order chi connectivity index (χ1) is 5.75. The van der Waals surface area contributed by atoms with E-state index < -0.39 is 0 Å². The molecule has 1 heterocycles. The lowest BCUT2D eigenvalue weighted by Crippen LogP contribution is -2.51. The quantitative estimate of drug-likeness (QED) is 0.574. The van der Waals surface area contributed by atoms with Crippen molar-refractivity contribution < 1.29 is 4.79 Å². The fraction of sp³-hybridized carbons (Fsp3) is 0.667. The molecule has 0 aromatic rings. The summed E-state index contributed by atoms with van der Waals surface area (Å²) in [6.07, 6.45) is 3.42. The average Bonchev–Trinajstić information content (AvgIpc) is 2.05. The first-order valence-corrected chi connectivity index (χ1v) is 4.39. The predicted octanol–water partition coefficient (Wildman–Crippen LogP) is 0.383. The highest BCUT2D eigenvalue weighted by molar-refractivity contribution is 5.87. The maximum absolute atomic E-state index is 11.4. The minimum absolute atomic E-state index is 0.131. The molecule has 0 aromatic carbocycles. The lowest BCUT2D eigenvalue weighted by molar-refractivity contribution is -0.128. The van der Waals surface area contributed by atoms with Crippen LogP contribution >= 0.6 is 0 Å². The van der Waals surface area contributed by atoms with E-state index in [1.807, 2.05) is 11.8 Å². The summed E-state index contributed by atoms with van der Waals surface area (Å²) in [5.74, 6) is 0.131. The van der Waals surface area contributed by atoms with Gasteiger partial charge in [-0.25, -0.2) is 0 Å². The van der Waals surface area contributed by atoms with Crippen molar-refractivity contribution in [3.8, 4) is 0 Å². The normalized spacial score (nSPS) is 24.8. The molecule has 1 rings (SSSR count). The molecule has 0 aromatic heterocycles. The summed E-state index contributed by atoms with van der Waals surface area (Å²) in [6.45, 7) is 6.57. The molecule has 12 heavy (non-hydrogen) atoms. The maximum atomic E-state index is 11.4. The van der Waals surface area contributed by atoms with E-state index >= 15 is 0 Å². The van der Waals surface area contributed by atoms with Crippen LogP contribution in [0.5, 0.6) is 0 Å². The SMILES string of the molecule is C/C=C/C(=O)N1CCNC[C@@H]1C. The highest BCUT2D eigenvalue weighted by atomic mass is 16.2. The molecular formula is C9H16N2O. The minimum atomic E-state index is 0.131. The van der Waals surface area contributed by atoms with Crippen molar-refractivity contribution in [3.63, 3.8) is 0 Å². The first-order valence-electron chi connectivity index (χ1n) is 4.39. The highest BCUT2D eigenvalue weighted by Crippen LogP contribution is 2.02. The summed E-state index contributed by atoms with van der Waals surface area (Å²) in [4.78, 5) is 13.3. The van der Waals surface area contributed by atoms with E-state index in [0.29, 0.717) is 6.04 Å².